The topological polar surface area (TPSA) is 59.3 Å². The Morgan fingerprint density at radius 1 is 1.56 bits per heavy atom. The van der Waals surface area contributed by atoms with E-state index in [-0.39, 0.29) is 22.2 Å². The number of ether oxygens (including phenoxy) is 2. The van der Waals surface area contributed by atoms with Crippen molar-refractivity contribution >= 4 is 21.9 Å². The molecule has 4 nitrogen and oxygen atoms in total. The molecule has 1 aromatic rings. The molecule has 0 N–H and O–H groups in total. The van der Waals surface area contributed by atoms with Gasteiger partial charge in [0, 0.05) is 4.47 Å². The van der Waals surface area contributed by atoms with E-state index >= 15 is 0 Å². The van der Waals surface area contributed by atoms with E-state index in [0.29, 0.717) is 0 Å². The number of alkyl halides is 2. The van der Waals surface area contributed by atoms with E-state index in [2.05, 4.69) is 20.7 Å². The zero-order chi connectivity index (χ0) is 13.7. The first-order chi connectivity index (χ1) is 8.49. The summed E-state index contributed by atoms with van der Waals surface area (Å²) >= 11 is 3.02. The second-order valence-electron chi connectivity index (χ2n) is 3.04. The number of benzene rings is 1. The molecule has 1 rings (SSSR count). The molecule has 0 atom stereocenters. The number of nitrogens with zero attached hydrogens (tertiary/aromatic N) is 1. The first-order valence-electron chi connectivity index (χ1n) is 4.85. The van der Waals surface area contributed by atoms with Crippen LogP contribution in [-0.2, 0) is 4.74 Å². The smallest absolute Gasteiger partial charge is 0.387 e. The molecule has 0 saturated carbocycles. The highest BCUT2D eigenvalue weighted by molar-refractivity contribution is 9.10. The van der Waals surface area contributed by atoms with Gasteiger partial charge in [-0.25, -0.2) is 4.79 Å². The van der Waals surface area contributed by atoms with E-state index in [9.17, 15) is 13.6 Å². The van der Waals surface area contributed by atoms with E-state index in [0.717, 1.165) is 6.07 Å². The highest BCUT2D eigenvalue weighted by atomic mass is 79.9. The van der Waals surface area contributed by atoms with Crippen LogP contribution in [0.25, 0.3) is 0 Å². The predicted molar refractivity (Wildman–Crippen MR) is 61.4 cm³/mol. The number of nitriles is 1. The van der Waals surface area contributed by atoms with E-state index in [1.807, 2.05) is 0 Å². The number of hydrogen-bond acceptors (Lipinski definition) is 4. The lowest BCUT2D eigenvalue weighted by atomic mass is 10.1. The van der Waals surface area contributed by atoms with Gasteiger partial charge in [0.25, 0.3) is 0 Å². The van der Waals surface area contributed by atoms with Gasteiger partial charge in [-0.2, -0.15) is 14.0 Å². The minimum atomic E-state index is -3.10. The Balaban J connectivity index is 3.29. The predicted octanol–water partition coefficient (Wildman–Crippen LogP) is 3.10. The molecule has 0 bridgehead atoms. The molecule has 0 amide bonds. The van der Waals surface area contributed by atoms with Crippen LogP contribution >= 0.6 is 15.9 Å². The molecule has 0 fully saturated rings. The number of carbonyl (C=O) groups excluding carboxylic acids is 1. The molecular weight excluding hydrogens is 312 g/mol. The largest absolute Gasteiger partial charge is 0.462 e. The molecule has 0 aliphatic heterocycles. The van der Waals surface area contributed by atoms with Crippen LogP contribution in [0.4, 0.5) is 8.78 Å². The van der Waals surface area contributed by atoms with Crippen LogP contribution in [0, 0.1) is 11.3 Å². The minimum Gasteiger partial charge on any atom is -0.462 e. The van der Waals surface area contributed by atoms with Crippen molar-refractivity contribution in [1.29, 1.82) is 5.26 Å². The summed E-state index contributed by atoms with van der Waals surface area (Å²) in [6.45, 7) is -1.42. The van der Waals surface area contributed by atoms with Crippen molar-refractivity contribution in [3.05, 3.63) is 27.7 Å². The van der Waals surface area contributed by atoms with Crippen molar-refractivity contribution in [2.45, 2.75) is 13.5 Å². The number of hydrogen-bond donors (Lipinski definition) is 0. The molecule has 0 spiro atoms. The van der Waals surface area contributed by atoms with Gasteiger partial charge < -0.3 is 9.47 Å². The Morgan fingerprint density at radius 3 is 2.72 bits per heavy atom. The van der Waals surface area contributed by atoms with Gasteiger partial charge in [-0.05, 0) is 35.0 Å². The Labute approximate surface area is 110 Å². The van der Waals surface area contributed by atoms with Gasteiger partial charge in [-0.1, -0.05) is 0 Å². The standard InChI is InChI=1S/C11H8BrF2NO3/c1-2-17-10(16)9-7(12)3-6(5-15)4-8(9)18-11(13)14/h3-4,11H,2H2,1H3. The maximum atomic E-state index is 12.2. The van der Waals surface area contributed by atoms with Gasteiger partial charge in [0.15, 0.2) is 0 Å². The summed E-state index contributed by atoms with van der Waals surface area (Å²) in [4.78, 5) is 11.6. The van der Waals surface area contributed by atoms with Gasteiger partial charge in [0.05, 0.1) is 18.2 Å². The summed E-state index contributed by atoms with van der Waals surface area (Å²) in [5.74, 6) is -1.20. The zero-order valence-corrected chi connectivity index (χ0v) is 10.8. The zero-order valence-electron chi connectivity index (χ0n) is 9.25. The van der Waals surface area contributed by atoms with Crippen molar-refractivity contribution in [3.8, 4) is 11.8 Å². The Kier molecular flexibility index (Phi) is 5.04. The third-order valence-corrected chi connectivity index (χ3v) is 2.50. The molecule has 1 aromatic carbocycles. The lowest BCUT2D eigenvalue weighted by Crippen LogP contribution is -2.11. The summed E-state index contributed by atoms with van der Waals surface area (Å²) in [7, 11) is 0. The third-order valence-electron chi connectivity index (χ3n) is 1.88. The van der Waals surface area contributed by atoms with Crippen LogP contribution in [0.1, 0.15) is 22.8 Å². The lowest BCUT2D eigenvalue weighted by Gasteiger charge is -2.12. The highest BCUT2D eigenvalue weighted by Crippen LogP contribution is 2.30. The van der Waals surface area contributed by atoms with Gasteiger partial charge in [0.1, 0.15) is 11.3 Å². The first-order valence-corrected chi connectivity index (χ1v) is 5.64. The summed E-state index contributed by atoms with van der Waals surface area (Å²) in [5, 5.41) is 8.72. The van der Waals surface area contributed by atoms with Crippen molar-refractivity contribution in [2.24, 2.45) is 0 Å². The summed E-state index contributed by atoms with van der Waals surface area (Å²) in [6.07, 6.45) is 0. The monoisotopic (exact) mass is 319 g/mol. The Morgan fingerprint density at radius 2 is 2.22 bits per heavy atom. The molecule has 0 aliphatic rings. The van der Waals surface area contributed by atoms with E-state index in [4.69, 9.17) is 10.00 Å². The Hall–Kier alpha value is -1.68. The quantitative estimate of drug-likeness (QED) is 0.800. The fraction of sp³-hybridized carbons (Fsp3) is 0.273. The van der Waals surface area contributed by atoms with Gasteiger partial charge >= 0.3 is 12.6 Å². The summed E-state index contributed by atoms with van der Waals surface area (Å²) < 4.78 is 33.6. The molecule has 0 radical (unpaired) electrons. The van der Waals surface area contributed by atoms with Crippen LogP contribution in [0.3, 0.4) is 0 Å². The van der Waals surface area contributed by atoms with E-state index in [1.54, 1.807) is 13.0 Å². The molecule has 0 heterocycles. The van der Waals surface area contributed by atoms with Gasteiger partial charge in [0.2, 0.25) is 0 Å². The van der Waals surface area contributed by atoms with E-state index in [1.165, 1.54) is 6.07 Å². The van der Waals surface area contributed by atoms with Crippen LogP contribution in [0.15, 0.2) is 16.6 Å². The SMILES string of the molecule is CCOC(=O)c1c(Br)cc(C#N)cc1OC(F)F. The molecule has 0 saturated heterocycles. The fourth-order valence-corrected chi connectivity index (χ4v) is 1.84. The average molecular weight is 320 g/mol. The van der Waals surface area contributed by atoms with Crippen molar-refractivity contribution < 1.29 is 23.0 Å². The second kappa shape index (κ2) is 6.31. The number of halogens is 3. The molecular formula is C11H8BrF2NO3. The van der Waals surface area contributed by atoms with Crippen LogP contribution < -0.4 is 4.74 Å². The second-order valence-corrected chi connectivity index (χ2v) is 3.90. The minimum absolute atomic E-state index is 0.0885. The fourth-order valence-electron chi connectivity index (χ4n) is 1.24. The number of carbonyl (C=O) groups is 1. The van der Waals surface area contributed by atoms with Crippen molar-refractivity contribution in [2.75, 3.05) is 6.61 Å². The molecule has 18 heavy (non-hydrogen) atoms. The first kappa shape index (κ1) is 14.4. The average Bonchev–Trinajstić information content (AvgIpc) is 2.27. The molecule has 96 valence electrons. The maximum Gasteiger partial charge on any atom is 0.387 e. The summed E-state index contributed by atoms with van der Waals surface area (Å²) in [6, 6.07) is 4.16. The molecule has 7 heteroatoms. The van der Waals surface area contributed by atoms with Crippen molar-refractivity contribution in [1.82, 2.24) is 0 Å². The molecule has 0 unspecified atom stereocenters. The lowest BCUT2D eigenvalue weighted by molar-refractivity contribution is -0.0505. The summed E-state index contributed by atoms with van der Waals surface area (Å²) in [5.41, 5.74) is -0.0817. The van der Waals surface area contributed by atoms with Crippen LogP contribution in [-0.4, -0.2) is 19.2 Å². The van der Waals surface area contributed by atoms with Crippen LogP contribution in [0.2, 0.25) is 0 Å². The maximum absolute atomic E-state index is 12.2. The van der Waals surface area contributed by atoms with Crippen molar-refractivity contribution in [3.63, 3.8) is 0 Å². The highest BCUT2D eigenvalue weighted by Gasteiger charge is 2.21. The third kappa shape index (κ3) is 3.40. The Bertz CT molecular complexity index is 500. The van der Waals surface area contributed by atoms with Gasteiger partial charge in [-0.15, -0.1) is 0 Å². The molecule has 0 aliphatic carbocycles. The van der Waals surface area contributed by atoms with E-state index < -0.39 is 18.3 Å². The van der Waals surface area contributed by atoms with Crippen LogP contribution in [0.5, 0.6) is 5.75 Å². The molecule has 0 aromatic heterocycles. The van der Waals surface area contributed by atoms with Gasteiger partial charge in [-0.3, -0.25) is 0 Å². The normalized spacial score (nSPS) is 10.0. The number of rotatable bonds is 4. The number of esters is 1.